The summed E-state index contributed by atoms with van der Waals surface area (Å²) in [5, 5.41) is 8.41. The van der Waals surface area contributed by atoms with E-state index in [1.807, 2.05) is 19.9 Å². The van der Waals surface area contributed by atoms with E-state index in [0.29, 0.717) is 11.8 Å². The average molecular weight is 339 g/mol. The molecule has 1 saturated heterocycles. The van der Waals surface area contributed by atoms with Crippen molar-refractivity contribution in [3.8, 4) is 11.5 Å². The summed E-state index contributed by atoms with van der Waals surface area (Å²) in [7, 11) is 0. The lowest BCUT2D eigenvalue weighted by atomic mass is 10.2. The number of hydrogen-bond donors (Lipinski definition) is 1. The van der Waals surface area contributed by atoms with Gasteiger partial charge in [-0.1, -0.05) is 18.2 Å². The molecule has 6 nitrogen and oxygen atoms in total. The molecule has 130 valence electrons. The molecule has 6 heteroatoms. The molecule has 0 saturated carbocycles. The fraction of sp³-hybridized carbons (Fsp3) is 0.368. The van der Waals surface area contributed by atoms with Crippen molar-refractivity contribution in [3.63, 3.8) is 0 Å². The van der Waals surface area contributed by atoms with Crippen LogP contribution in [-0.2, 0) is 6.54 Å². The van der Waals surface area contributed by atoms with Crippen LogP contribution in [0.3, 0.4) is 0 Å². The van der Waals surface area contributed by atoms with Crippen LogP contribution >= 0.6 is 0 Å². The van der Waals surface area contributed by atoms with Crippen LogP contribution in [0.5, 0.6) is 0 Å². The minimum Gasteiger partial charge on any atom is -0.466 e. The second-order valence-corrected chi connectivity index (χ2v) is 6.58. The van der Waals surface area contributed by atoms with Crippen molar-refractivity contribution in [3.05, 3.63) is 53.8 Å². The molecule has 25 heavy (non-hydrogen) atoms. The molecule has 0 radical (unpaired) electrons. The molecule has 4 rings (SSSR count). The molecule has 2 aromatic heterocycles. The smallest absolute Gasteiger partial charge is 0.271 e. The highest BCUT2D eigenvalue weighted by Gasteiger charge is 2.23. The highest BCUT2D eigenvalue weighted by atomic mass is 16.4. The van der Waals surface area contributed by atoms with Crippen LogP contribution in [0.15, 0.2) is 45.2 Å². The fourth-order valence-corrected chi connectivity index (χ4v) is 3.39. The molecule has 1 aliphatic rings. The molecular weight excluding hydrogens is 316 g/mol. The molecular formula is C19H23N4O2+. The Morgan fingerprint density at radius 2 is 1.80 bits per heavy atom. The summed E-state index contributed by atoms with van der Waals surface area (Å²) in [5.74, 6) is 2.91. The zero-order valence-corrected chi connectivity index (χ0v) is 14.7. The maximum atomic E-state index is 5.86. The van der Waals surface area contributed by atoms with Gasteiger partial charge in [-0.05, 0) is 32.0 Å². The van der Waals surface area contributed by atoms with Crippen LogP contribution in [0.4, 0.5) is 5.69 Å². The van der Waals surface area contributed by atoms with E-state index in [1.165, 1.54) is 10.6 Å². The van der Waals surface area contributed by atoms with E-state index >= 15 is 0 Å². The average Bonchev–Trinajstić information content (AvgIpc) is 3.22. The third-order valence-corrected chi connectivity index (χ3v) is 4.73. The summed E-state index contributed by atoms with van der Waals surface area (Å²) in [6, 6.07) is 12.5. The Hall–Kier alpha value is -2.60. The first kappa shape index (κ1) is 15.9. The Labute approximate surface area is 147 Å². The highest BCUT2D eigenvalue weighted by Crippen LogP contribution is 2.25. The molecule has 3 aromatic rings. The zero-order valence-electron chi connectivity index (χ0n) is 14.7. The van der Waals surface area contributed by atoms with Gasteiger partial charge in [-0.2, -0.15) is 0 Å². The van der Waals surface area contributed by atoms with Crippen molar-refractivity contribution >= 4 is 5.69 Å². The van der Waals surface area contributed by atoms with Gasteiger partial charge in [-0.3, -0.25) is 0 Å². The van der Waals surface area contributed by atoms with Gasteiger partial charge in [-0.25, -0.2) is 0 Å². The second-order valence-electron chi connectivity index (χ2n) is 6.58. The summed E-state index contributed by atoms with van der Waals surface area (Å²) >= 11 is 0. The van der Waals surface area contributed by atoms with Crippen molar-refractivity contribution < 1.29 is 13.7 Å². The van der Waals surface area contributed by atoms with Gasteiger partial charge in [0.05, 0.1) is 31.7 Å². The Morgan fingerprint density at radius 3 is 2.48 bits per heavy atom. The van der Waals surface area contributed by atoms with E-state index < -0.39 is 0 Å². The summed E-state index contributed by atoms with van der Waals surface area (Å²) in [6.07, 6.45) is 0. The molecule has 1 aromatic carbocycles. The first-order valence-corrected chi connectivity index (χ1v) is 8.72. The number of piperazine rings is 1. The van der Waals surface area contributed by atoms with Crippen LogP contribution in [0, 0.1) is 13.8 Å². The summed E-state index contributed by atoms with van der Waals surface area (Å²) in [4.78, 5) is 3.91. The van der Waals surface area contributed by atoms with E-state index in [4.69, 9.17) is 8.83 Å². The van der Waals surface area contributed by atoms with Crippen molar-refractivity contribution in [2.45, 2.75) is 20.4 Å². The largest absolute Gasteiger partial charge is 0.466 e. The number of nitrogens with one attached hydrogen (secondary N) is 1. The number of quaternary nitrogens is 1. The van der Waals surface area contributed by atoms with E-state index in [9.17, 15) is 0 Å². The number of hydrogen-bond acceptors (Lipinski definition) is 5. The normalized spacial score (nSPS) is 15.7. The Morgan fingerprint density at radius 1 is 1.04 bits per heavy atom. The van der Waals surface area contributed by atoms with Crippen LogP contribution < -0.4 is 9.80 Å². The first-order chi connectivity index (χ1) is 12.2. The van der Waals surface area contributed by atoms with Gasteiger partial charge in [0, 0.05) is 5.69 Å². The second kappa shape index (κ2) is 6.72. The summed E-state index contributed by atoms with van der Waals surface area (Å²) in [5.41, 5.74) is 2.19. The molecule has 0 atom stereocenters. The molecule has 1 aliphatic heterocycles. The minimum absolute atomic E-state index is 0.548. The highest BCUT2D eigenvalue weighted by molar-refractivity contribution is 5.55. The Kier molecular flexibility index (Phi) is 4.28. The number of nitrogens with zero attached hydrogens (tertiary/aromatic N) is 3. The lowest BCUT2D eigenvalue weighted by Crippen LogP contribution is -3.13. The Bertz CT molecular complexity index is 832. The number of furan rings is 1. The van der Waals surface area contributed by atoms with Crippen LogP contribution in [0.2, 0.25) is 0 Å². The van der Waals surface area contributed by atoms with Crippen molar-refractivity contribution in [2.75, 3.05) is 31.1 Å². The van der Waals surface area contributed by atoms with Gasteiger partial charge >= 0.3 is 0 Å². The van der Waals surface area contributed by atoms with Gasteiger partial charge in [-0.15, -0.1) is 10.2 Å². The van der Waals surface area contributed by atoms with Gasteiger partial charge in [0.15, 0.2) is 6.54 Å². The molecule has 0 spiro atoms. The third kappa shape index (κ3) is 3.44. The number of rotatable bonds is 4. The van der Waals surface area contributed by atoms with E-state index in [1.54, 1.807) is 0 Å². The van der Waals surface area contributed by atoms with Gasteiger partial charge in [0.2, 0.25) is 0 Å². The molecule has 1 N–H and O–H groups in total. The van der Waals surface area contributed by atoms with E-state index in [-0.39, 0.29) is 0 Å². The SMILES string of the molecule is Cc1cc(-c2nnc(C[NH+]3CCN(c4ccccc4)CC3)o2)c(C)o1. The standard InChI is InChI=1S/C19H22N4O2/c1-14-12-17(15(2)24-14)19-21-20-18(25-19)13-22-8-10-23(11-9-22)16-6-4-3-5-7-16/h3-7,12H,8-11,13H2,1-2H3/p+1. The number of anilines is 1. The number of aromatic nitrogens is 2. The van der Waals surface area contributed by atoms with Crippen molar-refractivity contribution in [1.29, 1.82) is 0 Å². The quantitative estimate of drug-likeness (QED) is 0.786. The number of benzene rings is 1. The minimum atomic E-state index is 0.548. The number of para-hydroxylation sites is 1. The predicted molar refractivity (Wildman–Crippen MR) is 94.5 cm³/mol. The van der Waals surface area contributed by atoms with Gasteiger partial charge in [0.1, 0.15) is 11.5 Å². The maximum Gasteiger partial charge on any atom is 0.271 e. The molecule has 0 amide bonds. The van der Waals surface area contributed by atoms with Crippen molar-refractivity contribution in [1.82, 2.24) is 10.2 Å². The molecule has 0 aliphatic carbocycles. The zero-order chi connectivity index (χ0) is 17.2. The Balaban J connectivity index is 1.37. The van der Waals surface area contributed by atoms with Gasteiger partial charge < -0.3 is 18.6 Å². The van der Waals surface area contributed by atoms with Crippen molar-refractivity contribution in [2.24, 2.45) is 0 Å². The van der Waals surface area contributed by atoms with E-state index in [0.717, 1.165) is 49.8 Å². The van der Waals surface area contributed by atoms with Crippen LogP contribution in [-0.4, -0.2) is 36.4 Å². The van der Waals surface area contributed by atoms with E-state index in [2.05, 4.69) is 45.4 Å². The molecule has 0 bridgehead atoms. The predicted octanol–water partition coefficient (Wildman–Crippen LogP) is 1.85. The topological polar surface area (TPSA) is 59.7 Å². The molecule has 1 fully saturated rings. The monoisotopic (exact) mass is 339 g/mol. The third-order valence-electron chi connectivity index (χ3n) is 4.73. The maximum absolute atomic E-state index is 5.86. The lowest BCUT2D eigenvalue weighted by Gasteiger charge is -2.33. The fourth-order valence-electron chi connectivity index (χ4n) is 3.39. The number of aryl methyl sites for hydroxylation is 2. The first-order valence-electron chi connectivity index (χ1n) is 8.72. The molecule has 3 heterocycles. The van der Waals surface area contributed by atoms with Gasteiger partial charge in [0.25, 0.3) is 11.8 Å². The van der Waals surface area contributed by atoms with Crippen LogP contribution in [0.1, 0.15) is 17.4 Å². The lowest BCUT2D eigenvalue weighted by molar-refractivity contribution is -0.915. The van der Waals surface area contributed by atoms with Crippen LogP contribution in [0.25, 0.3) is 11.5 Å². The molecule has 0 unspecified atom stereocenters. The summed E-state index contributed by atoms with van der Waals surface area (Å²) < 4.78 is 11.4. The summed E-state index contributed by atoms with van der Waals surface area (Å²) in [6.45, 7) is 8.82.